The van der Waals surface area contributed by atoms with Gasteiger partial charge in [-0.25, -0.2) is 0 Å². The molecule has 1 heterocycles. The average Bonchev–Trinajstić information content (AvgIpc) is 2.53. The summed E-state index contributed by atoms with van der Waals surface area (Å²) < 4.78 is 0. The molecule has 24 heavy (non-hydrogen) atoms. The molecule has 1 aliphatic heterocycles. The lowest BCUT2D eigenvalue weighted by atomic mass is 9.49. The second-order valence-electron chi connectivity index (χ2n) is 8.57. The summed E-state index contributed by atoms with van der Waals surface area (Å²) in [6.07, 6.45) is 8.95. The monoisotopic (exact) mass is 372 g/mol. The Bertz CT molecular complexity index is 494. The summed E-state index contributed by atoms with van der Waals surface area (Å²) in [6, 6.07) is 0.179. The molecule has 6 heteroatoms. The molecule has 1 saturated heterocycles. The van der Waals surface area contributed by atoms with Gasteiger partial charge < -0.3 is 10.2 Å². The zero-order valence-electron chi connectivity index (χ0n) is 14.0. The fraction of sp³-hybridized carbons (Fsp3) is 0.889. The quantitative estimate of drug-likeness (QED) is 0.773. The van der Waals surface area contributed by atoms with Crippen molar-refractivity contribution in [1.82, 2.24) is 10.2 Å². The van der Waals surface area contributed by atoms with E-state index in [1.54, 1.807) is 4.90 Å². The molecular weight excluding hydrogens is 347 g/mol. The molecule has 0 unspecified atom stereocenters. The Morgan fingerprint density at radius 2 is 1.46 bits per heavy atom. The van der Waals surface area contributed by atoms with E-state index >= 15 is 0 Å². The smallest absolute Gasteiger partial charge is 0.255 e. The lowest BCUT2D eigenvalue weighted by Gasteiger charge is -2.56. The van der Waals surface area contributed by atoms with Crippen LogP contribution in [0.15, 0.2) is 0 Å². The van der Waals surface area contributed by atoms with Gasteiger partial charge in [-0.1, -0.05) is 23.2 Å². The highest BCUT2D eigenvalue weighted by atomic mass is 35.5. The van der Waals surface area contributed by atoms with E-state index in [9.17, 15) is 9.59 Å². The van der Waals surface area contributed by atoms with Crippen LogP contribution in [0.4, 0.5) is 0 Å². The lowest BCUT2D eigenvalue weighted by Crippen LogP contribution is -2.56. The number of carbonyl (C=O) groups is 2. The van der Waals surface area contributed by atoms with Gasteiger partial charge in [-0.05, 0) is 69.1 Å². The van der Waals surface area contributed by atoms with E-state index in [1.807, 2.05) is 0 Å². The number of nitrogens with one attached hydrogen (secondary N) is 1. The predicted octanol–water partition coefficient (Wildman–Crippen LogP) is 3.11. The number of amides is 2. The maximum Gasteiger partial charge on any atom is 0.255 e. The van der Waals surface area contributed by atoms with Gasteiger partial charge in [0.25, 0.3) is 5.91 Å². The molecule has 0 aromatic carbocycles. The maximum atomic E-state index is 13.1. The molecule has 5 rings (SSSR count). The molecule has 0 radical (unpaired) electrons. The first-order valence-corrected chi connectivity index (χ1v) is 10.2. The first-order valence-electron chi connectivity index (χ1n) is 9.33. The second-order valence-corrected chi connectivity index (χ2v) is 9.67. The van der Waals surface area contributed by atoms with Crippen molar-refractivity contribution in [2.24, 2.45) is 23.2 Å². The molecule has 0 aromatic rings. The molecule has 1 N–H and O–H groups in total. The van der Waals surface area contributed by atoms with E-state index in [0.717, 1.165) is 49.9 Å². The summed E-state index contributed by atoms with van der Waals surface area (Å²) in [5.41, 5.74) is -0.0842. The van der Waals surface area contributed by atoms with Crippen LogP contribution < -0.4 is 5.32 Å². The first-order chi connectivity index (χ1) is 11.4. The van der Waals surface area contributed by atoms with Crippen molar-refractivity contribution in [3.8, 4) is 0 Å². The van der Waals surface area contributed by atoms with E-state index in [1.165, 1.54) is 19.3 Å². The lowest BCUT2D eigenvalue weighted by molar-refractivity contribution is -0.147. The Labute approximate surface area is 153 Å². The Kier molecular flexibility index (Phi) is 4.49. The van der Waals surface area contributed by atoms with Crippen LogP contribution in [0.3, 0.4) is 0 Å². The third-order valence-electron chi connectivity index (χ3n) is 6.85. The first kappa shape index (κ1) is 17.0. The molecule has 2 amide bonds. The number of nitrogens with zero attached hydrogens (tertiary/aromatic N) is 1. The molecular formula is C18H26Cl2N2O2. The highest BCUT2D eigenvalue weighted by Crippen LogP contribution is 2.60. The van der Waals surface area contributed by atoms with Crippen molar-refractivity contribution in [1.29, 1.82) is 0 Å². The third kappa shape index (κ3) is 3.05. The van der Waals surface area contributed by atoms with Crippen LogP contribution in [0, 0.1) is 23.2 Å². The highest BCUT2D eigenvalue weighted by molar-refractivity contribution is 6.53. The minimum absolute atomic E-state index is 0.0842. The van der Waals surface area contributed by atoms with Crippen molar-refractivity contribution in [2.75, 3.05) is 13.1 Å². The van der Waals surface area contributed by atoms with Gasteiger partial charge in [-0.2, -0.15) is 0 Å². The van der Waals surface area contributed by atoms with Gasteiger partial charge in [0.2, 0.25) is 5.91 Å². The number of hydrogen-bond donors (Lipinski definition) is 1. The number of carbonyl (C=O) groups excluding carboxylic acids is 2. The van der Waals surface area contributed by atoms with Gasteiger partial charge in [0.1, 0.15) is 0 Å². The number of rotatable bonds is 3. The van der Waals surface area contributed by atoms with Crippen LogP contribution in [0.25, 0.3) is 0 Å². The van der Waals surface area contributed by atoms with Crippen LogP contribution in [0.2, 0.25) is 0 Å². The summed E-state index contributed by atoms with van der Waals surface area (Å²) in [5, 5.41) is 3.32. The largest absolute Gasteiger partial charge is 0.353 e. The van der Waals surface area contributed by atoms with Gasteiger partial charge in [-0.3, -0.25) is 9.59 Å². The maximum absolute atomic E-state index is 13.1. The van der Waals surface area contributed by atoms with Crippen LogP contribution in [-0.4, -0.2) is 40.7 Å². The van der Waals surface area contributed by atoms with Crippen LogP contribution >= 0.6 is 23.2 Å². The average molecular weight is 373 g/mol. The molecule has 134 valence electrons. The SMILES string of the molecule is O=C(C(Cl)Cl)N1CCC(NC(=O)C23CC4CC(CC(C4)C2)C3)CC1. The van der Waals surface area contributed by atoms with Gasteiger partial charge >= 0.3 is 0 Å². The van der Waals surface area contributed by atoms with E-state index in [0.29, 0.717) is 19.0 Å². The Hall–Kier alpha value is -0.480. The standard InChI is InChI=1S/C18H26Cl2N2O2/c19-15(20)16(23)22-3-1-14(2-4-22)21-17(24)18-8-11-5-12(9-18)7-13(6-11)10-18/h11-15H,1-10H2,(H,21,24). The highest BCUT2D eigenvalue weighted by Gasteiger charge is 2.54. The number of hydrogen-bond acceptors (Lipinski definition) is 2. The predicted molar refractivity (Wildman–Crippen MR) is 93.8 cm³/mol. The molecule has 5 fully saturated rings. The van der Waals surface area contributed by atoms with Crippen molar-refractivity contribution in [2.45, 2.75) is 62.2 Å². The van der Waals surface area contributed by atoms with E-state index in [-0.39, 0.29) is 17.4 Å². The fourth-order valence-electron chi connectivity index (χ4n) is 6.11. The molecule has 0 atom stereocenters. The molecule has 4 aliphatic carbocycles. The minimum atomic E-state index is -0.983. The molecule has 4 nitrogen and oxygen atoms in total. The molecule has 5 aliphatic rings. The van der Waals surface area contributed by atoms with Gasteiger partial charge in [0.05, 0.1) is 0 Å². The molecule has 4 bridgehead atoms. The Morgan fingerprint density at radius 1 is 0.958 bits per heavy atom. The zero-order chi connectivity index (χ0) is 16.9. The summed E-state index contributed by atoms with van der Waals surface area (Å²) >= 11 is 11.3. The van der Waals surface area contributed by atoms with Crippen molar-refractivity contribution in [3.05, 3.63) is 0 Å². The summed E-state index contributed by atoms with van der Waals surface area (Å²) in [7, 11) is 0. The van der Waals surface area contributed by atoms with E-state index in [4.69, 9.17) is 23.2 Å². The molecule has 4 saturated carbocycles. The van der Waals surface area contributed by atoms with Crippen LogP contribution in [-0.2, 0) is 9.59 Å². The van der Waals surface area contributed by atoms with Crippen LogP contribution in [0.1, 0.15) is 51.4 Å². The Balaban J connectivity index is 1.34. The van der Waals surface area contributed by atoms with Crippen molar-refractivity contribution in [3.63, 3.8) is 0 Å². The van der Waals surface area contributed by atoms with Gasteiger partial charge in [-0.15, -0.1) is 0 Å². The third-order valence-corrected chi connectivity index (χ3v) is 7.22. The number of likely N-dealkylation sites (tertiary alicyclic amines) is 1. The second kappa shape index (κ2) is 6.35. The molecule has 0 aromatic heterocycles. The van der Waals surface area contributed by atoms with Crippen molar-refractivity contribution < 1.29 is 9.59 Å². The number of alkyl halides is 2. The minimum Gasteiger partial charge on any atom is -0.353 e. The van der Waals surface area contributed by atoms with Crippen molar-refractivity contribution >= 4 is 35.0 Å². The summed E-state index contributed by atoms with van der Waals surface area (Å²) in [6.45, 7) is 1.25. The number of halogens is 2. The summed E-state index contributed by atoms with van der Waals surface area (Å²) in [5.74, 6) is 2.42. The van der Waals surface area contributed by atoms with E-state index in [2.05, 4.69) is 5.32 Å². The van der Waals surface area contributed by atoms with Gasteiger partial charge in [0, 0.05) is 24.5 Å². The molecule has 0 spiro atoms. The van der Waals surface area contributed by atoms with E-state index < -0.39 is 4.84 Å². The zero-order valence-corrected chi connectivity index (χ0v) is 15.5. The van der Waals surface area contributed by atoms with Crippen LogP contribution in [0.5, 0.6) is 0 Å². The fourth-order valence-corrected chi connectivity index (χ4v) is 6.39. The normalized spacial score (nSPS) is 38.6. The summed E-state index contributed by atoms with van der Waals surface area (Å²) in [4.78, 5) is 25.6. The number of piperidine rings is 1. The van der Waals surface area contributed by atoms with Gasteiger partial charge in [0.15, 0.2) is 4.84 Å². The Morgan fingerprint density at radius 3 is 1.92 bits per heavy atom. The topological polar surface area (TPSA) is 49.4 Å².